The molecule has 0 radical (unpaired) electrons. The van der Waals surface area contributed by atoms with Gasteiger partial charge in [-0.05, 0) is 13.3 Å². The number of aliphatic hydroxyl groups excluding tert-OH is 1. The summed E-state index contributed by atoms with van der Waals surface area (Å²) in [5.74, 6) is -1.51. The quantitative estimate of drug-likeness (QED) is 0.427. The Kier molecular flexibility index (Phi) is 4.16. The van der Waals surface area contributed by atoms with Crippen molar-refractivity contribution in [3.63, 3.8) is 0 Å². The van der Waals surface area contributed by atoms with Crippen LogP contribution in [0.25, 0.3) is 0 Å². The lowest BCUT2D eigenvalue weighted by Crippen LogP contribution is -2.43. The van der Waals surface area contributed by atoms with Crippen LogP contribution in [0.5, 0.6) is 0 Å². The van der Waals surface area contributed by atoms with Crippen molar-refractivity contribution in [3.8, 4) is 0 Å². The molecule has 0 aromatic heterocycles. The highest BCUT2D eigenvalue weighted by Crippen LogP contribution is 2.44. The molecule has 0 amide bonds. The van der Waals surface area contributed by atoms with Crippen molar-refractivity contribution in [2.45, 2.75) is 56.7 Å². The third-order valence-electron chi connectivity index (χ3n) is 5.79. The van der Waals surface area contributed by atoms with Crippen molar-refractivity contribution in [1.29, 1.82) is 0 Å². The van der Waals surface area contributed by atoms with E-state index in [4.69, 9.17) is 24.1 Å². The molecule has 8 heteroatoms. The summed E-state index contributed by atoms with van der Waals surface area (Å²) in [5, 5.41) is 9.09. The maximum Gasteiger partial charge on any atom is 0.338 e. The zero-order valence-electron chi connectivity index (χ0n) is 15.2. The Morgan fingerprint density at radius 1 is 1.44 bits per heavy atom. The lowest BCUT2D eigenvalue weighted by molar-refractivity contribution is -0.159. The van der Waals surface area contributed by atoms with Crippen molar-refractivity contribution in [3.05, 3.63) is 24.0 Å². The van der Waals surface area contributed by atoms with Crippen LogP contribution in [-0.4, -0.2) is 59.5 Å². The number of carbonyl (C=O) groups is 3. The zero-order chi connectivity index (χ0) is 19.5. The molecule has 3 saturated heterocycles. The van der Waals surface area contributed by atoms with Crippen LogP contribution in [0.2, 0.25) is 0 Å². The molecule has 146 valence electrons. The SMILES string of the molecule is C=C1C(=O)O[C@@H]2C[C@H](C)C3=CC(=O)[C@@](C)(C[C@H](OC(=O)[C@@H]4O[C@H]4CO)[C@@H]12)O3. The minimum Gasteiger partial charge on any atom is -0.483 e. The fourth-order valence-corrected chi connectivity index (χ4v) is 4.11. The van der Waals surface area contributed by atoms with Gasteiger partial charge in [-0.3, -0.25) is 4.79 Å². The molecule has 8 nitrogen and oxygen atoms in total. The van der Waals surface area contributed by atoms with Gasteiger partial charge in [0.2, 0.25) is 5.78 Å². The fourth-order valence-electron chi connectivity index (χ4n) is 4.11. The number of aliphatic hydroxyl groups is 1. The summed E-state index contributed by atoms with van der Waals surface area (Å²) in [7, 11) is 0. The Bertz CT molecular complexity index is 755. The van der Waals surface area contributed by atoms with E-state index in [-0.39, 0.29) is 30.3 Å². The van der Waals surface area contributed by atoms with Gasteiger partial charge in [-0.1, -0.05) is 13.5 Å². The molecule has 27 heavy (non-hydrogen) atoms. The summed E-state index contributed by atoms with van der Waals surface area (Å²) in [4.78, 5) is 37.1. The van der Waals surface area contributed by atoms with Gasteiger partial charge in [-0.25, -0.2) is 9.59 Å². The number of allylic oxidation sites excluding steroid dienone is 1. The molecule has 0 aliphatic carbocycles. The Labute approximate surface area is 156 Å². The van der Waals surface area contributed by atoms with Crippen LogP contribution >= 0.6 is 0 Å². The molecule has 4 aliphatic heterocycles. The fraction of sp³-hybridized carbons (Fsp3) is 0.632. The van der Waals surface area contributed by atoms with E-state index in [1.807, 2.05) is 6.92 Å². The molecule has 0 aromatic rings. The zero-order valence-corrected chi connectivity index (χ0v) is 15.2. The van der Waals surface area contributed by atoms with Crippen LogP contribution in [0.3, 0.4) is 0 Å². The van der Waals surface area contributed by atoms with Crippen LogP contribution in [0.1, 0.15) is 26.7 Å². The van der Waals surface area contributed by atoms with Gasteiger partial charge in [-0.15, -0.1) is 0 Å². The molecule has 4 heterocycles. The maximum absolute atomic E-state index is 12.5. The summed E-state index contributed by atoms with van der Waals surface area (Å²) in [6.07, 6.45) is -0.807. The number of hydrogen-bond donors (Lipinski definition) is 1. The minimum atomic E-state index is -1.18. The van der Waals surface area contributed by atoms with Gasteiger partial charge in [0.1, 0.15) is 24.1 Å². The number of epoxide rings is 1. The van der Waals surface area contributed by atoms with Crippen molar-refractivity contribution >= 4 is 17.7 Å². The minimum absolute atomic E-state index is 0.0671. The number of rotatable bonds is 3. The molecule has 1 N–H and O–H groups in total. The molecule has 0 aromatic carbocycles. The van der Waals surface area contributed by atoms with Crippen LogP contribution in [0.4, 0.5) is 0 Å². The highest BCUT2D eigenvalue weighted by Gasteiger charge is 2.55. The molecule has 4 rings (SSSR count). The van der Waals surface area contributed by atoms with E-state index < -0.39 is 47.9 Å². The second-order valence-corrected chi connectivity index (χ2v) is 7.83. The van der Waals surface area contributed by atoms with Gasteiger partial charge in [0.25, 0.3) is 0 Å². The van der Waals surface area contributed by atoms with Crippen molar-refractivity contribution in [2.75, 3.05) is 6.61 Å². The molecule has 2 bridgehead atoms. The second-order valence-electron chi connectivity index (χ2n) is 7.83. The predicted octanol–water partition coefficient (Wildman–Crippen LogP) is 0.427. The molecule has 0 unspecified atom stereocenters. The first-order valence-corrected chi connectivity index (χ1v) is 9.05. The molecule has 4 aliphatic rings. The number of esters is 2. The second kappa shape index (κ2) is 6.17. The largest absolute Gasteiger partial charge is 0.483 e. The van der Waals surface area contributed by atoms with Crippen LogP contribution in [0.15, 0.2) is 24.0 Å². The highest BCUT2D eigenvalue weighted by atomic mass is 16.6. The molecular formula is C19H22O8. The number of ketones is 1. The van der Waals surface area contributed by atoms with E-state index in [9.17, 15) is 14.4 Å². The lowest BCUT2D eigenvalue weighted by Gasteiger charge is -2.31. The standard InChI is InChI=1S/C19H22O8/c1-8-4-11-15(9(2)17(22)25-11)12(26-18(23)16-13(7-20)24-16)6-19(3)14(21)5-10(8)27-19/h5,8,11-13,15-16,20H,2,4,6-7H2,1,3H3/t8-,11+,12-,13-,15-,16+,19+/m0/s1. The molecule has 0 saturated carbocycles. The van der Waals surface area contributed by atoms with Gasteiger partial charge >= 0.3 is 11.9 Å². The van der Waals surface area contributed by atoms with Crippen molar-refractivity contribution < 1.29 is 38.4 Å². The van der Waals surface area contributed by atoms with E-state index in [1.165, 1.54) is 6.08 Å². The molecule has 3 fully saturated rings. The molecule has 0 spiro atoms. The van der Waals surface area contributed by atoms with Crippen LogP contribution in [-0.2, 0) is 33.3 Å². The number of carbonyl (C=O) groups excluding carboxylic acids is 3. The van der Waals surface area contributed by atoms with E-state index in [1.54, 1.807) is 6.92 Å². The van der Waals surface area contributed by atoms with Crippen molar-refractivity contribution in [2.24, 2.45) is 11.8 Å². The average molecular weight is 378 g/mol. The third-order valence-corrected chi connectivity index (χ3v) is 5.79. The Morgan fingerprint density at radius 2 is 2.19 bits per heavy atom. The molecular weight excluding hydrogens is 356 g/mol. The van der Waals surface area contributed by atoms with Gasteiger partial charge in [0.15, 0.2) is 11.7 Å². The first-order chi connectivity index (χ1) is 12.7. The summed E-state index contributed by atoms with van der Waals surface area (Å²) in [6, 6.07) is 0. The number of hydrogen-bond acceptors (Lipinski definition) is 8. The first kappa shape index (κ1) is 18.2. The Morgan fingerprint density at radius 3 is 2.85 bits per heavy atom. The van der Waals surface area contributed by atoms with Gasteiger partial charge in [-0.2, -0.15) is 0 Å². The van der Waals surface area contributed by atoms with E-state index in [0.717, 1.165) is 0 Å². The Hall–Kier alpha value is -2.19. The van der Waals surface area contributed by atoms with Gasteiger partial charge in [0, 0.05) is 24.0 Å². The summed E-state index contributed by atoms with van der Waals surface area (Å²) in [6.45, 7) is 7.09. The van der Waals surface area contributed by atoms with E-state index >= 15 is 0 Å². The normalized spacial score (nSPS) is 42.9. The van der Waals surface area contributed by atoms with Gasteiger partial charge in [0.05, 0.1) is 12.5 Å². The molecule has 7 atom stereocenters. The average Bonchev–Trinajstić information content (AvgIpc) is 3.26. The number of ether oxygens (including phenoxy) is 4. The summed E-state index contributed by atoms with van der Waals surface area (Å²) < 4.78 is 22.1. The smallest absolute Gasteiger partial charge is 0.338 e. The predicted molar refractivity (Wildman–Crippen MR) is 89.1 cm³/mol. The monoisotopic (exact) mass is 378 g/mol. The number of fused-ring (bicyclic) bond motifs is 3. The third kappa shape index (κ3) is 2.96. The summed E-state index contributed by atoms with van der Waals surface area (Å²) in [5.41, 5.74) is -0.959. The van der Waals surface area contributed by atoms with Gasteiger partial charge < -0.3 is 24.1 Å². The van der Waals surface area contributed by atoms with E-state index in [0.29, 0.717) is 12.2 Å². The van der Waals surface area contributed by atoms with Crippen LogP contribution < -0.4 is 0 Å². The maximum atomic E-state index is 12.5. The van der Waals surface area contributed by atoms with E-state index in [2.05, 4.69) is 6.58 Å². The summed E-state index contributed by atoms with van der Waals surface area (Å²) >= 11 is 0. The lowest BCUT2D eigenvalue weighted by atomic mass is 9.80. The van der Waals surface area contributed by atoms with Crippen LogP contribution in [0, 0.1) is 11.8 Å². The highest BCUT2D eigenvalue weighted by molar-refractivity contribution is 5.99. The Balaban J connectivity index is 1.65. The first-order valence-electron chi connectivity index (χ1n) is 9.05. The topological polar surface area (TPSA) is 112 Å². The van der Waals surface area contributed by atoms with Crippen molar-refractivity contribution in [1.82, 2.24) is 0 Å².